The van der Waals surface area contributed by atoms with Gasteiger partial charge in [0.25, 0.3) is 0 Å². The molecular formula is C12H15N3O2. The van der Waals surface area contributed by atoms with Gasteiger partial charge in [-0.3, -0.25) is 0 Å². The molecule has 0 aliphatic heterocycles. The molecule has 0 bridgehead atoms. The zero-order valence-electron chi connectivity index (χ0n) is 9.88. The van der Waals surface area contributed by atoms with Crippen molar-refractivity contribution < 1.29 is 9.15 Å². The monoisotopic (exact) mass is 233 g/mol. The van der Waals surface area contributed by atoms with E-state index in [4.69, 9.17) is 9.15 Å². The fourth-order valence-corrected chi connectivity index (χ4v) is 1.64. The highest BCUT2D eigenvalue weighted by atomic mass is 16.5. The Morgan fingerprint density at radius 2 is 2.35 bits per heavy atom. The van der Waals surface area contributed by atoms with Crippen molar-refractivity contribution in [1.82, 2.24) is 15.3 Å². The summed E-state index contributed by atoms with van der Waals surface area (Å²) in [5.41, 5.74) is 0.885. The summed E-state index contributed by atoms with van der Waals surface area (Å²) in [6.07, 6.45) is 3.91. The molecule has 0 saturated carbocycles. The molecule has 1 atom stereocenters. The molecule has 2 rings (SSSR count). The Kier molecular flexibility index (Phi) is 3.72. The number of hydrogen-bond acceptors (Lipinski definition) is 5. The quantitative estimate of drug-likeness (QED) is 0.849. The number of aromatic nitrogens is 2. The topological polar surface area (TPSA) is 60.2 Å². The van der Waals surface area contributed by atoms with Gasteiger partial charge >= 0.3 is 0 Å². The van der Waals surface area contributed by atoms with Gasteiger partial charge in [0.15, 0.2) is 0 Å². The summed E-state index contributed by atoms with van der Waals surface area (Å²) < 4.78 is 10.4. The Balaban J connectivity index is 2.16. The Morgan fingerprint density at radius 1 is 1.47 bits per heavy atom. The Morgan fingerprint density at radius 3 is 3.00 bits per heavy atom. The van der Waals surface area contributed by atoms with Gasteiger partial charge in [0.1, 0.15) is 12.1 Å². The van der Waals surface area contributed by atoms with Gasteiger partial charge in [-0.2, -0.15) is 0 Å². The third-order valence-electron chi connectivity index (χ3n) is 2.56. The molecule has 1 unspecified atom stereocenters. The molecule has 0 saturated heterocycles. The van der Waals surface area contributed by atoms with Gasteiger partial charge in [-0.25, -0.2) is 9.97 Å². The molecule has 2 heterocycles. The molecule has 0 fully saturated rings. The van der Waals surface area contributed by atoms with Crippen molar-refractivity contribution in [2.75, 3.05) is 14.2 Å². The van der Waals surface area contributed by atoms with E-state index in [2.05, 4.69) is 15.3 Å². The molecule has 0 spiro atoms. The molecule has 2 aromatic rings. The predicted molar refractivity (Wildman–Crippen MR) is 62.8 cm³/mol. The average Bonchev–Trinajstić information content (AvgIpc) is 2.89. The number of ether oxygens (including phenoxy) is 1. The van der Waals surface area contributed by atoms with E-state index in [0.717, 1.165) is 17.9 Å². The van der Waals surface area contributed by atoms with E-state index in [1.807, 2.05) is 25.2 Å². The van der Waals surface area contributed by atoms with E-state index in [1.54, 1.807) is 13.4 Å². The van der Waals surface area contributed by atoms with Crippen molar-refractivity contribution in [2.45, 2.75) is 12.5 Å². The van der Waals surface area contributed by atoms with Crippen LogP contribution in [0.25, 0.3) is 0 Å². The van der Waals surface area contributed by atoms with Crippen molar-refractivity contribution in [3.05, 3.63) is 42.2 Å². The van der Waals surface area contributed by atoms with Crippen LogP contribution >= 0.6 is 0 Å². The van der Waals surface area contributed by atoms with Crippen LogP contribution < -0.4 is 10.1 Å². The van der Waals surface area contributed by atoms with Crippen molar-refractivity contribution in [3.8, 4) is 5.88 Å². The van der Waals surface area contributed by atoms with Gasteiger partial charge in [0, 0.05) is 12.5 Å². The highest BCUT2D eigenvalue weighted by Crippen LogP contribution is 2.18. The molecular weight excluding hydrogens is 218 g/mol. The first-order chi connectivity index (χ1) is 8.33. The first-order valence-electron chi connectivity index (χ1n) is 5.39. The van der Waals surface area contributed by atoms with Crippen LogP contribution in [0, 0.1) is 0 Å². The smallest absolute Gasteiger partial charge is 0.216 e. The molecule has 5 heteroatoms. The van der Waals surface area contributed by atoms with Crippen molar-refractivity contribution in [2.24, 2.45) is 0 Å². The molecule has 0 aromatic carbocycles. The number of furan rings is 1. The number of methoxy groups -OCH3 is 1. The summed E-state index contributed by atoms with van der Waals surface area (Å²) in [6, 6.07) is 5.73. The van der Waals surface area contributed by atoms with Crippen molar-refractivity contribution in [3.63, 3.8) is 0 Å². The summed E-state index contributed by atoms with van der Waals surface area (Å²) >= 11 is 0. The third kappa shape index (κ3) is 2.82. The van der Waals surface area contributed by atoms with Crippen LogP contribution in [0.4, 0.5) is 0 Å². The molecule has 2 aromatic heterocycles. The first-order valence-corrected chi connectivity index (χ1v) is 5.39. The van der Waals surface area contributed by atoms with E-state index in [9.17, 15) is 0 Å². The van der Waals surface area contributed by atoms with Crippen LogP contribution in [0.5, 0.6) is 5.88 Å². The highest BCUT2D eigenvalue weighted by molar-refractivity contribution is 5.18. The van der Waals surface area contributed by atoms with Gasteiger partial charge in [-0.05, 0) is 19.2 Å². The maximum absolute atomic E-state index is 5.33. The van der Waals surface area contributed by atoms with Crippen molar-refractivity contribution >= 4 is 0 Å². The second kappa shape index (κ2) is 5.45. The van der Waals surface area contributed by atoms with E-state index in [0.29, 0.717) is 5.88 Å². The highest BCUT2D eigenvalue weighted by Gasteiger charge is 2.14. The van der Waals surface area contributed by atoms with Crippen LogP contribution in [0.15, 0.2) is 35.2 Å². The molecule has 90 valence electrons. The predicted octanol–water partition coefficient (Wildman–Crippen LogP) is 1.58. The zero-order valence-corrected chi connectivity index (χ0v) is 9.88. The largest absolute Gasteiger partial charge is 0.481 e. The standard InChI is InChI=1S/C12H15N3O2/c1-13-10(6-9-4-3-5-17-9)11-7-12(16-2)15-8-14-11/h3-5,7-8,10,13H,6H2,1-2H3. The van der Waals surface area contributed by atoms with E-state index in [-0.39, 0.29) is 6.04 Å². The Labute approximate surface area is 99.8 Å². The molecule has 5 nitrogen and oxygen atoms in total. The van der Waals surface area contributed by atoms with Crippen LogP contribution in [-0.2, 0) is 6.42 Å². The lowest BCUT2D eigenvalue weighted by Crippen LogP contribution is -2.20. The SMILES string of the molecule is CNC(Cc1ccco1)c1cc(OC)ncn1. The zero-order chi connectivity index (χ0) is 12.1. The molecule has 0 aliphatic carbocycles. The second-order valence-electron chi connectivity index (χ2n) is 3.61. The number of likely N-dealkylation sites (N-methyl/N-ethyl adjacent to an activating group) is 1. The minimum Gasteiger partial charge on any atom is -0.481 e. The second-order valence-corrected chi connectivity index (χ2v) is 3.61. The van der Waals surface area contributed by atoms with Gasteiger partial charge in [-0.15, -0.1) is 0 Å². The number of nitrogens with one attached hydrogen (secondary N) is 1. The lowest BCUT2D eigenvalue weighted by atomic mass is 10.1. The number of nitrogens with zero attached hydrogens (tertiary/aromatic N) is 2. The van der Waals surface area contributed by atoms with Gasteiger partial charge < -0.3 is 14.5 Å². The van der Waals surface area contributed by atoms with Crippen LogP contribution in [0.3, 0.4) is 0 Å². The van der Waals surface area contributed by atoms with Gasteiger partial charge in [-0.1, -0.05) is 0 Å². The van der Waals surface area contributed by atoms with E-state index in [1.165, 1.54) is 6.33 Å². The average molecular weight is 233 g/mol. The van der Waals surface area contributed by atoms with Crippen LogP contribution in [-0.4, -0.2) is 24.1 Å². The summed E-state index contributed by atoms with van der Waals surface area (Å²) in [4.78, 5) is 8.23. The summed E-state index contributed by atoms with van der Waals surface area (Å²) in [6.45, 7) is 0. The normalized spacial score (nSPS) is 12.4. The molecule has 1 N–H and O–H groups in total. The van der Waals surface area contributed by atoms with Crippen LogP contribution in [0.2, 0.25) is 0 Å². The lowest BCUT2D eigenvalue weighted by Gasteiger charge is -2.14. The molecule has 0 radical (unpaired) electrons. The van der Waals surface area contributed by atoms with Crippen LogP contribution in [0.1, 0.15) is 17.5 Å². The summed E-state index contributed by atoms with van der Waals surface area (Å²) in [5.74, 6) is 1.48. The lowest BCUT2D eigenvalue weighted by molar-refractivity contribution is 0.393. The molecule has 0 amide bonds. The maximum atomic E-state index is 5.33. The first kappa shape index (κ1) is 11.6. The van der Waals surface area contributed by atoms with E-state index < -0.39 is 0 Å². The van der Waals surface area contributed by atoms with Gasteiger partial charge in [0.05, 0.1) is 25.1 Å². The fraction of sp³-hybridized carbons (Fsp3) is 0.333. The Hall–Kier alpha value is -1.88. The van der Waals surface area contributed by atoms with Crippen molar-refractivity contribution in [1.29, 1.82) is 0 Å². The summed E-state index contributed by atoms with van der Waals surface area (Å²) in [7, 11) is 3.48. The molecule has 17 heavy (non-hydrogen) atoms. The van der Waals surface area contributed by atoms with Gasteiger partial charge in [0.2, 0.25) is 5.88 Å². The van der Waals surface area contributed by atoms with E-state index >= 15 is 0 Å². The number of hydrogen-bond donors (Lipinski definition) is 1. The fourth-order valence-electron chi connectivity index (χ4n) is 1.64. The minimum atomic E-state index is 0.0815. The third-order valence-corrected chi connectivity index (χ3v) is 2.56. The Bertz CT molecular complexity index is 457. The molecule has 0 aliphatic rings. The minimum absolute atomic E-state index is 0.0815. The summed E-state index contributed by atoms with van der Waals surface area (Å²) in [5, 5.41) is 3.20. The maximum Gasteiger partial charge on any atom is 0.216 e. The number of rotatable bonds is 5.